The quantitative estimate of drug-likeness (QED) is 0.651. The number of aryl methyl sites for hydroxylation is 1. The number of nitrogens with one attached hydrogen (secondary N) is 1. The summed E-state index contributed by atoms with van der Waals surface area (Å²) in [5, 5.41) is 4.17. The number of rotatable bonds is 6. The third-order valence-electron chi connectivity index (χ3n) is 3.34. The second-order valence-corrected chi connectivity index (χ2v) is 6.00. The Kier molecular flexibility index (Phi) is 5.76. The van der Waals surface area contributed by atoms with Crippen LogP contribution in [0.15, 0.2) is 35.4 Å². The van der Waals surface area contributed by atoms with Gasteiger partial charge in [-0.3, -0.25) is 4.79 Å². The minimum Gasteiger partial charge on any atom is -0.493 e. The van der Waals surface area contributed by atoms with Crippen molar-refractivity contribution in [2.45, 2.75) is 20.3 Å². The first-order chi connectivity index (χ1) is 11.1. The molecule has 2 rings (SSSR count). The molecule has 23 heavy (non-hydrogen) atoms. The summed E-state index contributed by atoms with van der Waals surface area (Å²) in [6.45, 7) is 3.99. The van der Waals surface area contributed by atoms with Crippen LogP contribution in [0.25, 0.3) is 0 Å². The van der Waals surface area contributed by atoms with Crippen LogP contribution in [0.1, 0.15) is 34.0 Å². The number of methoxy groups -OCH3 is 2. The molecular formula is C17H20N2O3S. The van der Waals surface area contributed by atoms with Crippen LogP contribution in [0.4, 0.5) is 0 Å². The smallest absolute Gasteiger partial charge is 0.271 e. The normalized spacial score (nSPS) is 11.2. The van der Waals surface area contributed by atoms with Crippen LogP contribution < -0.4 is 14.9 Å². The number of carbonyl (C=O) groups is 1. The lowest BCUT2D eigenvalue weighted by atomic mass is 10.2. The third kappa shape index (κ3) is 4.10. The average Bonchev–Trinajstić information content (AvgIpc) is 3.07. The minimum atomic E-state index is -0.294. The van der Waals surface area contributed by atoms with Gasteiger partial charge in [-0.1, -0.05) is 6.92 Å². The van der Waals surface area contributed by atoms with Crippen LogP contribution >= 0.6 is 11.3 Å². The van der Waals surface area contributed by atoms with Gasteiger partial charge in [-0.15, -0.1) is 11.3 Å². The van der Waals surface area contributed by atoms with Gasteiger partial charge in [0.1, 0.15) is 0 Å². The van der Waals surface area contributed by atoms with E-state index in [2.05, 4.69) is 23.5 Å². The van der Waals surface area contributed by atoms with Crippen molar-refractivity contribution in [1.82, 2.24) is 5.43 Å². The van der Waals surface area contributed by atoms with Crippen molar-refractivity contribution < 1.29 is 14.3 Å². The Bertz CT molecular complexity index is 722. The molecule has 6 heteroatoms. The van der Waals surface area contributed by atoms with E-state index in [1.807, 2.05) is 13.0 Å². The molecule has 1 heterocycles. The van der Waals surface area contributed by atoms with Gasteiger partial charge in [0.05, 0.1) is 24.8 Å². The summed E-state index contributed by atoms with van der Waals surface area (Å²) < 4.78 is 10.4. The maximum Gasteiger partial charge on any atom is 0.271 e. The van der Waals surface area contributed by atoms with E-state index in [0.29, 0.717) is 17.1 Å². The van der Waals surface area contributed by atoms with Gasteiger partial charge < -0.3 is 9.47 Å². The van der Waals surface area contributed by atoms with Crippen molar-refractivity contribution in [1.29, 1.82) is 0 Å². The summed E-state index contributed by atoms with van der Waals surface area (Å²) in [7, 11) is 3.08. The monoisotopic (exact) mass is 332 g/mol. The first-order valence-electron chi connectivity index (χ1n) is 7.24. The predicted octanol–water partition coefficient (Wildman–Crippen LogP) is 3.48. The van der Waals surface area contributed by atoms with Gasteiger partial charge in [0, 0.05) is 10.4 Å². The Labute approximate surface area is 139 Å². The summed E-state index contributed by atoms with van der Waals surface area (Å²) >= 11 is 1.68. The number of ether oxygens (including phenoxy) is 2. The zero-order valence-electron chi connectivity index (χ0n) is 13.7. The lowest BCUT2D eigenvalue weighted by molar-refractivity contribution is 0.0954. The van der Waals surface area contributed by atoms with Gasteiger partial charge in [-0.2, -0.15) is 5.10 Å². The van der Waals surface area contributed by atoms with E-state index in [-0.39, 0.29) is 5.91 Å². The molecule has 2 aromatic rings. The highest BCUT2D eigenvalue weighted by atomic mass is 32.1. The topological polar surface area (TPSA) is 59.9 Å². The molecule has 0 atom stereocenters. The molecule has 0 unspecified atom stereocenters. The SMILES string of the molecule is CCc1ccc(/C(C)=N\NC(=O)c2ccc(OC)c(OC)c2)s1. The molecule has 0 saturated heterocycles. The van der Waals surface area contributed by atoms with Crippen LogP contribution in [-0.4, -0.2) is 25.8 Å². The lowest BCUT2D eigenvalue weighted by Crippen LogP contribution is -2.19. The van der Waals surface area contributed by atoms with E-state index >= 15 is 0 Å². The van der Waals surface area contributed by atoms with Crippen molar-refractivity contribution >= 4 is 23.0 Å². The molecule has 122 valence electrons. The fourth-order valence-corrected chi connectivity index (χ4v) is 2.89. The number of hydrogen-bond acceptors (Lipinski definition) is 5. The highest BCUT2D eigenvalue weighted by Gasteiger charge is 2.10. The van der Waals surface area contributed by atoms with Crippen LogP contribution in [0, 0.1) is 0 Å². The Morgan fingerprint density at radius 1 is 1.17 bits per heavy atom. The molecule has 1 N–H and O–H groups in total. The molecule has 0 aliphatic carbocycles. The standard InChI is InChI=1S/C17H20N2O3S/c1-5-13-7-9-16(23-13)11(2)18-19-17(20)12-6-8-14(21-3)15(10-12)22-4/h6-10H,5H2,1-4H3,(H,19,20)/b18-11-. The number of carbonyl (C=O) groups excluding carboxylic acids is 1. The molecule has 5 nitrogen and oxygen atoms in total. The van der Waals surface area contributed by atoms with Gasteiger partial charge in [-0.05, 0) is 43.7 Å². The van der Waals surface area contributed by atoms with E-state index < -0.39 is 0 Å². The van der Waals surface area contributed by atoms with Gasteiger partial charge in [0.2, 0.25) is 0 Å². The fourth-order valence-electron chi connectivity index (χ4n) is 1.99. The molecule has 0 radical (unpaired) electrons. The number of thiophene rings is 1. The summed E-state index contributed by atoms with van der Waals surface area (Å²) in [4.78, 5) is 14.5. The highest BCUT2D eigenvalue weighted by molar-refractivity contribution is 7.14. The van der Waals surface area contributed by atoms with E-state index in [9.17, 15) is 4.79 Å². The Hall–Kier alpha value is -2.34. The molecule has 1 aromatic heterocycles. The second-order valence-electron chi connectivity index (χ2n) is 4.83. The van der Waals surface area contributed by atoms with E-state index in [1.165, 1.54) is 12.0 Å². The third-order valence-corrected chi connectivity index (χ3v) is 4.68. The molecule has 0 bridgehead atoms. The van der Waals surface area contributed by atoms with Crippen molar-refractivity contribution in [2.75, 3.05) is 14.2 Å². The molecule has 0 aliphatic rings. The summed E-state index contributed by atoms with van der Waals surface area (Å²) in [5.74, 6) is 0.790. The average molecular weight is 332 g/mol. The van der Waals surface area contributed by atoms with Crippen molar-refractivity contribution in [3.05, 3.63) is 45.6 Å². The molecule has 1 amide bonds. The maximum absolute atomic E-state index is 12.2. The van der Waals surface area contributed by atoms with Gasteiger partial charge in [0.15, 0.2) is 11.5 Å². The van der Waals surface area contributed by atoms with Crippen LogP contribution in [0.5, 0.6) is 11.5 Å². The molecule has 0 aliphatic heterocycles. The second kappa shape index (κ2) is 7.78. The molecule has 0 spiro atoms. The largest absolute Gasteiger partial charge is 0.493 e. The van der Waals surface area contributed by atoms with E-state index in [1.54, 1.807) is 36.6 Å². The van der Waals surface area contributed by atoms with Crippen molar-refractivity contribution in [3.8, 4) is 11.5 Å². The summed E-state index contributed by atoms with van der Waals surface area (Å²) in [5.41, 5.74) is 3.81. The number of hydrazone groups is 1. The van der Waals surface area contributed by atoms with E-state index in [0.717, 1.165) is 17.0 Å². The molecule has 0 saturated carbocycles. The first kappa shape index (κ1) is 17.0. The highest BCUT2D eigenvalue weighted by Crippen LogP contribution is 2.27. The Morgan fingerprint density at radius 3 is 2.52 bits per heavy atom. The first-order valence-corrected chi connectivity index (χ1v) is 8.06. The van der Waals surface area contributed by atoms with Gasteiger partial charge in [-0.25, -0.2) is 5.43 Å². The van der Waals surface area contributed by atoms with Crippen LogP contribution in [0.3, 0.4) is 0 Å². The zero-order valence-corrected chi connectivity index (χ0v) is 14.5. The number of benzene rings is 1. The van der Waals surface area contributed by atoms with Crippen LogP contribution in [-0.2, 0) is 6.42 Å². The summed E-state index contributed by atoms with van der Waals surface area (Å²) in [6, 6.07) is 9.08. The number of nitrogens with zero attached hydrogens (tertiary/aromatic N) is 1. The van der Waals surface area contributed by atoms with Crippen molar-refractivity contribution in [2.24, 2.45) is 5.10 Å². The van der Waals surface area contributed by atoms with Crippen LogP contribution in [0.2, 0.25) is 0 Å². The minimum absolute atomic E-state index is 0.294. The maximum atomic E-state index is 12.2. The molecule has 0 fully saturated rings. The van der Waals surface area contributed by atoms with Gasteiger partial charge in [0.25, 0.3) is 5.91 Å². The Balaban J connectivity index is 2.10. The summed E-state index contributed by atoms with van der Waals surface area (Å²) in [6.07, 6.45) is 0.996. The predicted molar refractivity (Wildman–Crippen MR) is 92.9 cm³/mol. The lowest BCUT2D eigenvalue weighted by Gasteiger charge is -2.08. The van der Waals surface area contributed by atoms with E-state index in [4.69, 9.17) is 9.47 Å². The zero-order chi connectivity index (χ0) is 16.8. The van der Waals surface area contributed by atoms with Gasteiger partial charge >= 0.3 is 0 Å². The number of amides is 1. The molecular weight excluding hydrogens is 312 g/mol. The van der Waals surface area contributed by atoms with Crippen molar-refractivity contribution in [3.63, 3.8) is 0 Å². The fraction of sp³-hybridized carbons (Fsp3) is 0.294. The Morgan fingerprint density at radius 2 is 1.91 bits per heavy atom. The molecule has 1 aromatic carbocycles. The number of hydrogen-bond donors (Lipinski definition) is 1.